The number of rotatable bonds is 5. The van der Waals surface area contributed by atoms with Crippen molar-refractivity contribution in [3.63, 3.8) is 0 Å². The van der Waals surface area contributed by atoms with Crippen molar-refractivity contribution in [2.45, 2.75) is 12.8 Å². The summed E-state index contributed by atoms with van der Waals surface area (Å²) in [5.74, 6) is 1.18. The molecule has 1 aliphatic rings. The molecule has 0 bridgehead atoms. The summed E-state index contributed by atoms with van der Waals surface area (Å²) in [4.78, 5) is 12.6. The third-order valence-electron chi connectivity index (χ3n) is 4.50. The highest BCUT2D eigenvalue weighted by Gasteiger charge is 2.38. The van der Waals surface area contributed by atoms with Crippen molar-refractivity contribution < 1.29 is 14.3 Å². The second-order valence-electron chi connectivity index (χ2n) is 6.11. The van der Waals surface area contributed by atoms with E-state index in [2.05, 4.69) is 5.32 Å². The smallest absolute Gasteiger partial charge is 0.232 e. The highest BCUT2D eigenvalue weighted by molar-refractivity contribution is 6.32. The number of amides is 1. The van der Waals surface area contributed by atoms with Crippen LogP contribution in [0.25, 0.3) is 0 Å². The van der Waals surface area contributed by atoms with Crippen LogP contribution in [-0.2, 0) is 9.53 Å². The number of benzene rings is 2. The topological polar surface area (TPSA) is 73.6 Å². The second kappa shape index (κ2) is 7.87. The molecule has 0 unspecified atom stereocenters. The molecular weight excluding hydrogens is 340 g/mol. The van der Waals surface area contributed by atoms with Gasteiger partial charge >= 0.3 is 0 Å². The van der Waals surface area contributed by atoms with Crippen LogP contribution < -0.4 is 15.8 Å². The zero-order valence-electron chi connectivity index (χ0n) is 13.8. The van der Waals surface area contributed by atoms with Crippen LogP contribution in [-0.4, -0.2) is 25.7 Å². The molecule has 0 aromatic heterocycles. The van der Waals surface area contributed by atoms with E-state index in [1.807, 2.05) is 12.1 Å². The Balaban J connectivity index is 1.66. The summed E-state index contributed by atoms with van der Waals surface area (Å²) in [6.07, 6.45) is 1.28. The molecule has 1 fully saturated rings. The summed E-state index contributed by atoms with van der Waals surface area (Å²) in [6.45, 7) is 1.44. The first kappa shape index (κ1) is 17.7. The van der Waals surface area contributed by atoms with Gasteiger partial charge < -0.3 is 20.5 Å². The molecule has 1 aliphatic heterocycles. The van der Waals surface area contributed by atoms with Gasteiger partial charge in [-0.2, -0.15) is 0 Å². The van der Waals surface area contributed by atoms with Gasteiger partial charge in [0.15, 0.2) is 0 Å². The molecule has 0 aliphatic carbocycles. The van der Waals surface area contributed by atoms with Crippen LogP contribution in [0.5, 0.6) is 11.5 Å². The number of para-hydroxylation sites is 1. The lowest BCUT2D eigenvalue weighted by molar-refractivity contribution is -0.130. The van der Waals surface area contributed by atoms with Gasteiger partial charge in [0.1, 0.15) is 11.5 Å². The molecule has 0 radical (unpaired) electrons. The molecule has 0 saturated carbocycles. The Morgan fingerprint density at radius 2 is 1.84 bits per heavy atom. The largest absolute Gasteiger partial charge is 0.456 e. The maximum atomic E-state index is 12.6. The fraction of sp³-hybridized carbons (Fsp3) is 0.316. The summed E-state index contributed by atoms with van der Waals surface area (Å²) < 4.78 is 11.1. The van der Waals surface area contributed by atoms with E-state index in [0.717, 1.165) is 0 Å². The lowest BCUT2D eigenvalue weighted by Gasteiger charge is -2.34. The molecule has 132 valence electrons. The van der Waals surface area contributed by atoms with Gasteiger partial charge in [-0.05, 0) is 49.2 Å². The number of nitrogens with two attached hydrogens (primary N) is 1. The predicted molar refractivity (Wildman–Crippen MR) is 98.1 cm³/mol. The third-order valence-corrected chi connectivity index (χ3v) is 4.81. The van der Waals surface area contributed by atoms with Crippen molar-refractivity contribution in [3.8, 4) is 11.5 Å². The van der Waals surface area contributed by atoms with Gasteiger partial charge in [-0.15, -0.1) is 0 Å². The fourth-order valence-electron chi connectivity index (χ4n) is 2.81. The zero-order valence-corrected chi connectivity index (χ0v) is 14.6. The first-order valence-electron chi connectivity index (χ1n) is 8.25. The van der Waals surface area contributed by atoms with Gasteiger partial charge in [-0.3, -0.25) is 4.79 Å². The van der Waals surface area contributed by atoms with Gasteiger partial charge in [0.25, 0.3) is 0 Å². The van der Waals surface area contributed by atoms with Crippen molar-refractivity contribution in [1.82, 2.24) is 0 Å². The van der Waals surface area contributed by atoms with E-state index in [9.17, 15) is 4.79 Å². The summed E-state index contributed by atoms with van der Waals surface area (Å²) in [7, 11) is 0. The number of halogens is 1. The molecule has 2 aromatic carbocycles. The predicted octanol–water partition coefficient (Wildman–Crippen LogP) is 3.83. The van der Waals surface area contributed by atoms with Crippen molar-refractivity contribution >= 4 is 23.2 Å². The van der Waals surface area contributed by atoms with Crippen LogP contribution in [0.2, 0.25) is 5.02 Å². The fourth-order valence-corrected chi connectivity index (χ4v) is 2.98. The van der Waals surface area contributed by atoms with Crippen molar-refractivity contribution in [3.05, 3.63) is 53.6 Å². The van der Waals surface area contributed by atoms with Gasteiger partial charge in [0.05, 0.1) is 10.4 Å². The van der Waals surface area contributed by atoms with Crippen LogP contribution in [0.3, 0.4) is 0 Å². The van der Waals surface area contributed by atoms with Crippen molar-refractivity contribution in [2.75, 3.05) is 25.1 Å². The molecule has 5 nitrogen and oxygen atoms in total. The lowest BCUT2D eigenvalue weighted by atomic mass is 9.79. The summed E-state index contributed by atoms with van der Waals surface area (Å²) in [6, 6.07) is 14.4. The molecule has 25 heavy (non-hydrogen) atoms. The van der Waals surface area contributed by atoms with E-state index < -0.39 is 5.41 Å². The molecule has 1 heterocycles. The average Bonchev–Trinajstić information content (AvgIpc) is 2.65. The van der Waals surface area contributed by atoms with Crippen molar-refractivity contribution in [1.29, 1.82) is 0 Å². The van der Waals surface area contributed by atoms with Crippen LogP contribution in [0, 0.1) is 5.41 Å². The number of ether oxygens (including phenoxy) is 2. The minimum atomic E-state index is -0.551. The van der Waals surface area contributed by atoms with Gasteiger partial charge in [0.2, 0.25) is 5.91 Å². The van der Waals surface area contributed by atoms with E-state index in [4.69, 9.17) is 26.8 Å². The number of anilines is 1. The molecular formula is C19H21ClN2O3. The Bertz CT molecular complexity index is 728. The molecule has 0 spiro atoms. The second-order valence-corrected chi connectivity index (χ2v) is 6.52. The summed E-state index contributed by atoms with van der Waals surface area (Å²) >= 11 is 6.09. The van der Waals surface area contributed by atoms with Crippen LogP contribution in [0.4, 0.5) is 5.69 Å². The van der Waals surface area contributed by atoms with Gasteiger partial charge in [-0.25, -0.2) is 0 Å². The highest BCUT2D eigenvalue weighted by Crippen LogP contribution is 2.32. The van der Waals surface area contributed by atoms with E-state index in [1.165, 1.54) is 0 Å². The minimum Gasteiger partial charge on any atom is -0.456 e. The third kappa shape index (κ3) is 4.12. The summed E-state index contributed by atoms with van der Waals surface area (Å²) in [5.41, 5.74) is 6.02. The van der Waals surface area contributed by atoms with E-state index in [1.54, 1.807) is 36.4 Å². The molecule has 1 saturated heterocycles. The first-order chi connectivity index (χ1) is 12.1. The first-order valence-corrected chi connectivity index (χ1v) is 8.62. The van der Waals surface area contributed by atoms with E-state index in [0.29, 0.717) is 54.8 Å². The standard InChI is InChI=1S/C19H21ClN2O3/c20-16-3-1-2-4-17(16)25-15-7-5-14(6-8-15)22-18(23)19(13-21)9-11-24-12-10-19/h1-8H,9-13,21H2,(H,22,23). The van der Waals surface area contributed by atoms with E-state index >= 15 is 0 Å². The maximum Gasteiger partial charge on any atom is 0.232 e. The normalized spacial score (nSPS) is 16.2. The highest BCUT2D eigenvalue weighted by atomic mass is 35.5. The molecule has 2 aromatic rings. The molecule has 3 N–H and O–H groups in total. The number of carbonyl (C=O) groups excluding carboxylic acids is 1. The SMILES string of the molecule is NCC1(C(=O)Nc2ccc(Oc3ccccc3Cl)cc2)CCOCC1. The molecule has 6 heteroatoms. The monoisotopic (exact) mass is 360 g/mol. The van der Waals surface area contributed by atoms with Gasteiger partial charge in [0, 0.05) is 25.4 Å². The Hall–Kier alpha value is -2.08. The quantitative estimate of drug-likeness (QED) is 0.849. The van der Waals surface area contributed by atoms with E-state index in [-0.39, 0.29) is 5.91 Å². The zero-order chi connectivity index (χ0) is 17.7. The average molecular weight is 361 g/mol. The number of nitrogens with one attached hydrogen (secondary N) is 1. The van der Waals surface area contributed by atoms with Crippen LogP contribution in [0.1, 0.15) is 12.8 Å². The Morgan fingerprint density at radius 3 is 2.48 bits per heavy atom. The molecule has 1 amide bonds. The maximum absolute atomic E-state index is 12.6. The minimum absolute atomic E-state index is 0.0573. The van der Waals surface area contributed by atoms with Gasteiger partial charge in [-0.1, -0.05) is 23.7 Å². The Morgan fingerprint density at radius 1 is 1.16 bits per heavy atom. The number of hydrogen-bond donors (Lipinski definition) is 2. The summed E-state index contributed by atoms with van der Waals surface area (Å²) in [5, 5.41) is 3.50. The number of hydrogen-bond acceptors (Lipinski definition) is 4. The lowest BCUT2D eigenvalue weighted by Crippen LogP contribution is -2.46. The number of carbonyl (C=O) groups is 1. The van der Waals surface area contributed by atoms with Crippen LogP contribution in [0.15, 0.2) is 48.5 Å². The van der Waals surface area contributed by atoms with Crippen LogP contribution >= 0.6 is 11.6 Å². The Kier molecular flexibility index (Phi) is 5.58. The van der Waals surface area contributed by atoms with Crippen molar-refractivity contribution in [2.24, 2.45) is 11.1 Å². The molecule has 3 rings (SSSR count). The Labute approximate surface area is 152 Å². The molecule has 0 atom stereocenters.